The molecule has 0 saturated heterocycles. The van der Waals surface area contributed by atoms with E-state index in [4.69, 9.17) is 4.74 Å². The zero-order chi connectivity index (χ0) is 11.4. The van der Waals surface area contributed by atoms with E-state index in [1.807, 2.05) is 6.92 Å². The third-order valence-corrected chi connectivity index (χ3v) is 3.24. The number of unbranched alkanes of at least 4 members (excludes halogenated alkanes) is 1. The fourth-order valence-corrected chi connectivity index (χ4v) is 2.44. The van der Waals surface area contributed by atoms with E-state index in [-0.39, 0.29) is 23.9 Å². The molecular weight excluding hydrogens is 192 g/mol. The summed E-state index contributed by atoms with van der Waals surface area (Å²) in [6, 6.07) is 0. The van der Waals surface area contributed by atoms with Gasteiger partial charge in [-0.25, -0.2) is 0 Å². The molecule has 0 amide bonds. The lowest BCUT2D eigenvalue weighted by molar-refractivity contribution is -0.145. The lowest BCUT2D eigenvalue weighted by atomic mass is 10.1. The minimum absolute atomic E-state index is 0.0449. The molecular formula is C12H22O3. The number of hydrogen-bond acceptors (Lipinski definition) is 3. The van der Waals surface area contributed by atoms with E-state index >= 15 is 0 Å². The fourth-order valence-electron chi connectivity index (χ4n) is 2.44. The van der Waals surface area contributed by atoms with Crippen LogP contribution in [0.5, 0.6) is 0 Å². The Morgan fingerprint density at radius 1 is 1.47 bits per heavy atom. The van der Waals surface area contributed by atoms with Gasteiger partial charge in [-0.1, -0.05) is 19.8 Å². The SMILES string of the molecule is CCCC[C@@H]1[C@@H](C(=O)OCC)[C@@H]1[C@H](C)O. The lowest BCUT2D eigenvalue weighted by Gasteiger charge is -2.02. The summed E-state index contributed by atoms with van der Waals surface area (Å²) < 4.78 is 5.01. The number of hydrogen-bond donors (Lipinski definition) is 1. The minimum atomic E-state index is -0.388. The second-order valence-electron chi connectivity index (χ2n) is 4.40. The number of aliphatic hydroxyl groups excluding tert-OH is 1. The smallest absolute Gasteiger partial charge is 0.309 e. The van der Waals surface area contributed by atoms with Gasteiger partial charge in [-0.2, -0.15) is 0 Å². The van der Waals surface area contributed by atoms with Crippen molar-refractivity contribution in [2.45, 2.75) is 46.1 Å². The number of aliphatic hydroxyl groups is 1. The maximum Gasteiger partial charge on any atom is 0.309 e. The van der Waals surface area contributed by atoms with Gasteiger partial charge < -0.3 is 9.84 Å². The summed E-state index contributed by atoms with van der Waals surface area (Å²) in [6.07, 6.45) is 2.92. The average molecular weight is 214 g/mol. The first-order chi connectivity index (χ1) is 7.13. The van der Waals surface area contributed by atoms with Gasteiger partial charge in [-0.3, -0.25) is 4.79 Å². The monoisotopic (exact) mass is 214 g/mol. The summed E-state index contributed by atoms with van der Waals surface area (Å²) in [5, 5.41) is 9.54. The topological polar surface area (TPSA) is 46.5 Å². The van der Waals surface area contributed by atoms with Gasteiger partial charge in [0.2, 0.25) is 0 Å². The van der Waals surface area contributed by atoms with Crippen LogP contribution < -0.4 is 0 Å². The van der Waals surface area contributed by atoms with Crippen molar-refractivity contribution in [1.82, 2.24) is 0 Å². The van der Waals surface area contributed by atoms with Crippen molar-refractivity contribution in [2.24, 2.45) is 17.8 Å². The highest BCUT2D eigenvalue weighted by atomic mass is 16.5. The first-order valence-corrected chi connectivity index (χ1v) is 5.98. The number of ether oxygens (including phenoxy) is 1. The summed E-state index contributed by atoms with van der Waals surface area (Å²) in [5.74, 6) is 0.320. The van der Waals surface area contributed by atoms with Crippen LogP contribution in [0.4, 0.5) is 0 Å². The number of esters is 1. The van der Waals surface area contributed by atoms with E-state index < -0.39 is 0 Å². The molecule has 1 saturated carbocycles. The standard InChI is InChI=1S/C12H22O3/c1-4-6-7-9-10(8(3)13)11(9)12(14)15-5-2/h8-11,13H,4-7H2,1-3H3/t8-,9-,10+,11+/m0/s1. The fraction of sp³-hybridized carbons (Fsp3) is 0.917. The summed E-state index contributed by atoms with van der Waals surface area (Å²) in [7, 11) is 0. The van der Waals surface area contributed by atoms with E-state index in [9.17, 15) is 9.90 Å². The van der Waals surface area contributed by atoms with Gasteiger partial charge in [-0.15, -0.1) is 0 Å². The van der Waals surface area contributed by atoms with Crippen LogP contribution in [0.2, 0.25) is 0 Å². The molecule has 88 valence electrons. The first kappa shape index (κ1) is 12.5. The van der Waals surface area contributed by atoms with Gasteiger partial charge in [0, 0.05) is 5.92 Å². The van der Waals surface area contributed by atoms with E-state index in [1.54, 1.807) is 6.92 Å². The van der Waals surface area contributed by atoms with E-state index in [0.29, 0.717) is 12.5 Å². The molecule has 3 heteroatoms. The molecule has 1 aliphatic rings. The average Bonchev–Trinajstić information content (AvgIpc) is 2.89. The zero-order valence-corrected chi connectivity index (χ0v) is 9.90. The quantitative estimate of drug-likeness (QED) is 0.688. The molecule has 0 aliphatic heterocycles. The Balaban J connectivity index is 2.45. The Bertz CT molecular complexity index is 213. The lowest BCUT2D eigenvalue weighted by Crippen LogP contribution is -2.12. The number of carbonyl (C=O) groups excluding carboxylic acids is 1. The number of carbonyl (C=O) groups is 1. The molecule has 0 radical (unpaired) electrons. The van der Waals surface area contributed by atoms with Crippen LogP contribution in [0, 0.1) is 17.8 Å². The van der Waals surface area contributed by atoms with Gasteiger partial charge in [0.05, 0.1) is 18.6 Å². The molecule has 0 heterocycles. The highest BCUT2D eigenvalue weighted by Gasteiger charge is 2.56. The molecule has 4 atom stereocenters. The van der Waals surface area contributed by atoms with Gasteiger partial charge in [0.15, 0.2) is 0 Å². The molecule has 1 fully saturated rings. The van der Waals surface area contributed by atoms with Crippen molar-refractivity contribution in [2.75, 3.05) is 6.61 Å². The third-order valence-electron chi connectivity index (χ3n) is 3.24. The Morgan fingerprint density at radius 2 is 2.13 bits per heavy atom. The van der Waals surface area contributed by atoms with Crippen LogP contribution >= 0.6 is 0 Å². The van der Waals surface area contributed by atoms with Crippen LogP contribution in [0.15, 0.2) is 0 Å². The summed E-state index contributed by atoms with van der Waals surface area (Å²) in [5.41, 5.74) is 0. The predicted molar refractivity (Wildman–Crippen MR) is 58.3 cm³/mol. The Labute approximate surface area is 91.8 Å². The van der Waals surface area contributed by atoms with Crippen LogP contribution in [0.3, 0.4) is 0 Å². The summed E-state index contributed by atoms with van der Waals surface area (Å²) in [4.78, 5) is 11.6. The van der Waals surface area contributed by atoms with Crippen molar-refractivity contribution in [3.8, 4) is 0 Å². The Kier molecular flexibility index (Phi) is 4.58. The van der Waals surface area contributed by atoms with Crippen molar-refractivity contribution in [1.29, 1.82) is 0 Å². The molecule has 3 nitrogen and oxygen atoms in total. The van der Waals surface area contributed by atoms with Gasteiger partial charge in [0.1, 0.15) is 0 Å². The Morgan fingerprint density at radius 3 is 2.60 bits per heavy atom. The molecule has 0 aromatic heterocycles. The molecule has 0 unspecified atom stereocenters. The normalized spacial score (nSPS) is 31.1. The minimum Gasteiger partial charge on any atom is -0.466 e. The summed E-state index contributed by atoms with van der Waals surface area (Å²) >= 11 is 0. The Hall–Kier alpha value is -0.570. The van der Waals surface area contributed by atoms with Crippen molar-refractivity contribution < 1.29 is 14.6 Å². The van der Waals surface area contributed by atoms with Crippen molar-refractivity contribution in [3.63, 3.8) is 0 Å². The van der Waals surface area contributed by atoms with Crippen LogP contribution in [0.1, 0.15) is 40.0 Å². The van der Waals surface area contributed by atoms with Crippen molar-refractivity contribution in [3.05, 3.63) is 0 Å². The first-order valence-electron chi connectivity index (χ1n) is 5.98. The van der Waals surface area contributed by atoms with Crippen molar-refractivity contribution >= 4 is 5.97 Å². The molecule has 15 heavy (non-hydrogen) atoms. The van der Waals surface area contributed by atoms with Gasteiger partial charge in [0.25, 0.3) is 0 Å². The number of rotatable bonds is 6. The predicted octanol–water partition coefficient (Wildman–Crippen LogP) is 1.98. The van der Waals surface area contributed by atoms with Crippen LogP contribution in [-0.4, -0.2) is 23.8 Å². The van der Waals surface area contributed by atoms with Crippen LogP contribution in [-0.2, 0) is 9.53 Å². The maximum absolute atomic E-state index is 11.6. The largest absolute Gasteiger partial charge is 0.466 e. The van der Waals surface area contributed by atoms with E-state index in [0.717, 1.165) is 19.3 Å². The van der Waals surface area contributed by atoms with Gasteiger partial charge >= 0.3 is 5.97 Å². The second kappa shape index (κ2) is 5.50. The third kappa shape index (κ3) is 2.94. The second-order valence-corrected chi connectivity index (χ2v) is 4.40. The van der Waals surface area contributed by atoms with Gasteiger partial charge in [-0.05, 0) is 26.2 Å². The molecule has 1 N–H and O–H groups in total. The van der Waals surface area contributed by atoms with Crippen LogP contribution in [0.25, 0.3) is 0 Å². The van der Waals surface area contributed by atoms with E-state index in [1.165, 1.54) is 0 Å². The molecule has 0 spiro atoms. The molecule has 0 aromatic carbocycles. The molecule has 0 aromatic rings. The zero-order valence-electron chi connectivity index (χ0n) is 9.90. The summed E-state index contributed by atoms with van der Waals surface area (Å²) in [6.45, 7) is 6.16. The molecule has 1 rings (SSSR count). The highest BCUT2D eigenvalue weighted by molar-refractivity contribution is 5.76. The molecule has 1 aliphatic carbocycles. The highest BCUT2D eigenvalue weighted by Crippen LogP contribution is 2.52. The molecule has 0 bridgehead atoms. The maximum atomic E-state index is 11.6. The van der Waals surface area contributed by atoms with E-state index in [2.05, 4.69) is 6.92 Å².